The van der Waals surface area contributed by atoms with E-state index >= 15 is 0 Å². The molecule has 0 aliphatic carbocycles. The molecule has 0 bridgehead atoms. The molecule has 4 heterocycles. The summed E-state index contributed by atoms with van der Waals surface area (Å²) in [5.41, 5.74) is 2.46. The quantitative estimate of drug-likeness (QED) is 0.487. The third-order valence-electron chi connectivity index (χ3n) is 8.48. The number of halogens is 1. The number of nitrogens with zero attached hydrogens (tertiary/aromatic N) is 2. The van der Waals surface area contributed by atoms with Crippen LogP contribution in [-0.4, -0.2) is 47.2 Å². The highest BCUT2D eigenvalue weighted by Gasteiger charge is 2.64. The molecule has 2 aromatic rings. The molecule has 5 nitrogen and oxygen atoms in total. The Bertz CT molecular complexity index is 1100. The van der Waals surface area contributed by atoms with Crippen LogP contribution in [0.4, 0.5) is 0 Å². The number of benzene rings is 2. The van der Waals surface area contributed by atoms with Gasteiger partial charge in [-0.1, -0.05) is 72.2 Å². The number of fused-ring (bicyclic) bond motifs is 3. The molecule has 0 aromatic heterocycles. The highest BCUT2D eigenvalue weighted by atomic mass is 79.9. The highest BCUT2D eigenvalue weighted by molar-refractivity contribution is 9.10. The minimum atomic E-state index is -0.161. The van der Waals surface area contributed by atoms with Gasteiger partial charge in [0.25, 0.3) is 0 Å². The predicted octanol–water partition coefficient (Wildman–Crippen LogP) is 5.52. The van der Waals surface area contributed by atoms with Crippen LogP contribution in [0.1, 0.15) is 43.9 Å². The molecule has 184 valence electrons. The Balaban J connectivity index is 1.43. The second kappa shape index (κ2) is 9.29. The fourth-order valence-corrected chi connectivity index (χ4v) is 7.52. The van der Waals surface area contributed by atoms with E-state index in [1.807, 2.05) is 6.07 Å². The van der Waals surface area contributed by atoms with Crippen LogP contribution in [0.5, 0.6) is 0 Å². The average molecular weight is 537 g/mol. The zero-order valence-electron chi connectivity index (χ0n) is 20.3. The first-order chi connectivity index (χ1) is 17.0. The van der Waals surface area contributed by atoms with Gasteiger partial charge in [0, 0.05) is 34.9 Å². The van der Waals surface area contributed by atoms with Gasteiger partial charge in [0.05, 0.1) is 12.0 Å². The van der Waals surface area contributed by atoms with Gasteiger partial charge in [0.2, 0.25) is 12.7 Å². The SMILES string of the molecule is CC(C)C1C2C(C(=O)N1C(Cc1ccccc1)C1=COCO1)C(c1ccc(Br)cc1)N1CCCC21. The number of amides is 1. The van der Waals surface area contributed by atoms with E-state index in [2.05, 4.69) is 88.1 Å². The van der Waals surface area contributed by atoms with Crippen molar-refractivity contribution in [3.05, 3.63) is 82.2 Å². The minimum Gasteiger partial charge on any atom is -0.462 e. The van der Waals surface area contributed by atoms with Crippen LogP contribution in [-0.2, 0) is 20.7 Å². The molecule has 1 amide bonds. The van der Waals surface area contributed by atoms with Gasteiger partial charge < -0.3 is 14.4 Å². The standard InChI is InChI=1S/C29H33BrN2O3/c1-18(2)27-25-22-9-6-14-31(22)28(20-10-12-21(30)13-11-20)26(25)29(33)32(27)23(24-16-34-17-35-24)15-19-7-4-3-5-8-19/h3-5,7-8,10-13,16,18,22-23,25-28H,6,9,14-15,17H2,1-2H3. The molecule has 6 atom stereocenters. The fraction of sp³-hybridized carbons (Fsp3) is 0.483. The number of carbonyl (C=O) groups is 1. The van der Waals surface area contributed by atoms with Crippen LogP contribution in [0, 0.1) is 17.8 Å². The smallest absolute Gasteiger partial charge is 0.229 e. The molecule has 6 heteroatoms. The van der Waals surface area contributed by atoms with Crippen molar-refractivity contribution in [1.29, 1.82) is 0 Å². The third-order valence-corrected chi connectivity index (χ3v) is 9.01. The highest BCUT2D eigenvalue weighted by Crippen LogP contribution is 2.57. The molecule has 0 saturated carbocycles. The zero-order valence-corrected chi connectivity index (χ0v) is 21.9. The topological polar surface area (TPSA) is 42.0 Å². The summed E-state index contributed by atoms with van der Waals surface area (Å²) in [5.74, 6) is 1.68. The van der Waals surface area contributed by atoms with Crippen molar-refractivity contribution in [3.63, 3.8) is 0 Å². The van der Waals surface area contributed by atoms with Crippen molar-refractivity contribution in [2.75, 3.05) is 13.3 Å². The Hall–Kier alpha value is -2.31. The lowest BCUT2D eigenvalue weighted by molar-refractivity contribution is -0.136. The van der Waals surface area contributed by atoms with Crippen molar-refractivity contribution >= 4 is 21.8 Å². The maximum Gasteiger partial charge on any atom is 0.229 e. The lowest BCUT2D eigenvalue weighted by Gasteiger charge is -2.39. The maximum absolute atomic E-state index is 14.5. The van der Waals surface area contributed by atoms with Crippen molar-refractivity contribution in [2.45, 2.75) is 57.3 Å². The van der Waals surface area contributed by atoms with E-state index < -0.39 is 0 Å². The van der Waals surface area contributed by atoms with E-state index in [1.54, 1.807) is 6.26 Å². The number of rotatable bonds is 6. The van der Waals surface area contributed by atoms with E-state index in [4.69, 9.17) is 9.47 Å². The normalized spacial score (nSPS) is 30.7. The number of carbonyl (C=O) groups excluding carboxylic acids is 1. The molecule has 2 aromatic carbocycles. The molecule has 0 spiro atoms. The third kappa shape index (κ3) is 3.89. The van der Waals surface area contributed by atoms with Crippen LogP contribution < -0.4 is 0 Å². The van der Waals surface area contributed by atoms with Crippen molar-refractivity contribution in [3.8, 4) is 0 Å². The summed E-state index contributed by atoms with van der Waals surface area (Å²) in [7, 11) is 0. The summed E-state index contributed by atoms with van der Waals surface area (Å²) in [6, 6.07) is 19.6. The molecular weight excluding hydrogens is 504 g/mol. The van der Waals surface area contributed by atoms with Crippen LogP contribution in [0.15, 0.2) is 71.1 Å². The Morgan fingerprint density at radius 2 is 1.86 bits per heavy atom. The Morgan fingerprint density at radius 1 is 1.09 bits per heavy atom. The summed E-state index contributed by atoms with van der Waals surface area (Å²) in [5, 5.41) is 0. The van der Waals surface area contributed by atoms with Crippen LogP contribution >= 0.6 is 15.9 Å². The molecule has 3 saturated heterocycles. The maximum atomic E-state index is 14.5. The van der Waals surface area contributed by atoms with E-state index in [1.165, 1.54) is 24.0 Å². The molecule has 3 fully saturated rings. The lowest BCUT2D eigenvalue weighted by atomic mass is 9.79. The molecule has 0 radical (unpaired) electrons. The molecule has 4 aliphatic rings. The number of hydrogen-bond donors (Lipinski definition) is 0. The summed E-state index contributed by atoms with van der Waals surface area (Å²) in [4.78, 5) is 19.4. The van der Waals surface area contributed by atoms with Gasteiger partial charge in [-0.25, -0.2) is 0 Å². The largest absolute Gasteiger partial charge is 0.462 e. The van der Waals surface area contributed by atoms with Gasteiger partial charge in [0.1, 0.15) is 6.26 Å². The van der Waals surface area contributed by atoms with Crippen molar-refractivity contribution in [1.82, 2.24) is 9.80 Å². The Kier molecular flexibility index (Phi) is 6.13. The fourth-order valence-electron chi connectivity index (χ4n) is 7.26. The minimum absolute atomic E-state index is 0.0323. The van der Waals surface area contributed by atoms with Crippen molar-refractivity contribution in [2.24, 2.45) is 17.8 Å². The lowest BCUT2D eigenvalue weighted by Crippen LogP contribution is -2.50. The number of ether oxygens (including phenoxy) is 2. The van der Waals surface area contributed by atoms with Gasteiger partial charge in [0.15, 0.2) is 5.76 Å². The first-order valence-electron chi connectivity index (χ1n) is 12.9. The van der Waals surface area contributed by atoms with Gasteiger partial charge in [-0.15, -0.1) is 0 Å². The second-order valence-electron chi connectivity index (χ2n) is 10.7. The molecular formula is C29H33BrN2O3. The average Bonchev–Trinajstić information content (AvgIpc) is 3.63. The first-order valence-corrected chi connectivity index (χ1v) is 13.7. The number of likely N-dealkylation sites (tertiary alicyclic amines) is 1. The monoisotopic (exact) mass is 536 g/mol. The second-order valence-corrected chi connectivity index (χ2v) is 11.6. The molecule has 0 N–H and O–H groups in total. The van der Waals surface area contributed by atoms with Crippen LogP contribution in [0.2, 0.25) is 0 Å². The van der Waals surface area contributed by atoms with E-state index in [9.17, 15) is 4.79 Å². The van der Waals surface area contributed by atoms with Gasteiger partial charge in [-0.2, -0.15) is 0 Å². The van der Waals surface area contributed by atoms with Crippen LogP contribution in [0.25, 0.3) is 0 Å². The summed E-state index contributed by atoms with van der Waals surface area (Å²) in [6.45, 7) is 5.85. The first kappa shape index (κ1) is 23.1. The van der Waals surface area contributed by atoms with Gasteiger partial charge in [-0.3, -0.25) is 9.69 Å². The van der Waals surface area contributed by atoms with Crippen LogP contribution in [0.3, 0.4) is 0 Å². The van der Waals surface area contributed by atoms with E-state index in [0.29, 0.717) is 17.9 Å². The zero-order chi connectivity index (χ0) is 24.1. The molecule has 6 unspecified atom stereocenters. The van der Waals surface area contributed by atoms with Gasteiger partial charge in [-0.05, 0) is 48.6 Å². The van der Waals surface area contributed by atoms with E-state index in [-0.39, 0.29) is 36.7 Å². The molecule has 35 heavy (non-hydrogen) atoms. The predicted molar refractivity (Wildman–Crippen MR) is 138 cm³/mol. The number of hydrogen-bond acceptors (Lipinski definition) is 4. The molecule has 4 aliphatic heterocycles. The summed E-state index contributed by atoms with van der Waals surface area (Å²) in [6.07, 6.45) is 4.82. The van der Waals surface area contributed by atoms with Crippen molar-refractivity contribution < 1.29 is 14.3 Å². The summed E-state index contributed by atoms with van der Waals surface area (Å²) < 4.78 is 12.5. The molecule has 6 rings (SSSR count). The van der Waals surface area contributed by atoms with Gasteiger partial charge >= 0.3 is 0 Å². The van der Waals surface area contributed by atoms with E-state index in [0.717, 1.165) is 23.2 Å². The Morgan fingerprint density at radius 3 is 2.54 bits per heavy atom. The Labute approximate surface area is 216 Å². The summed E-state index contributed by atoms with van der Waals surface area (Å²) >= 11 is 3.58.